The van der Waals surface area contributed by atoms with Gasteiger partial charge in [0.05, 0.1) is 5.56 Å². The van der Waals surface area contributed by atoms with Crippen molar-refractivity contribution in [2.75, 3.05) is 11.1 Å². The predicted octanol–water partition coefficient (Wildman–Crippen LogP) is 3.22. The largest absolute Gasteiger partial charge is 0.398 e. The summed E-state index contributed by atoms with van der Waals surface area (Å²) in [6.45, 7) is 0. The van der Waals surface area contributed by atoms with Gasteiger partial charge in [-0.1, -0.05) is 29.3 Å². The van der Waals surface area contributed by atoms with Crippen molar-refractivity contribution in [3.63, 3.8) is 0 Å². The van der Waals surface area contributed by atoms with Gasteiger partial charge in [-0.3, -0.25) is 4.79 Å². The number of anilines is 2. The van der Waals surface area contributed by atoms with E-state index in [0.29, 0.717) is 27.2 Å². The van der Waals surface area contributed by atoms with Crippen LogP contribution >= 0.6 is 23.2 Å². The van der Waals surface area contributed by atoms with Crippen molar-refractivity contribution in [1.29, 1.82) is 0 Å². The van der Waals surface area contributed by atoms with E-state index in [1.807, 2.05) is 0 Å². The second kappa shape index (κ2) is 5.25. The average Bonchev–Trinajstić information content (AvgIpc) is 2.28. The Morgan fingerprint density at radius 2 is 2.00 bits per heavy atom. The maximum absolute atomic E-state index is 11.9. The molecular formula is C12H9Cl2N3O. The first kappa shape index (κ1) is 12.7. The zero-order valence-corrected chi connectivity index (χ0v) is 10.7. The number of carbonyl (C=O) groups is 1. The van der Waals surface area contributed by atoms with Gasteiger partial charge >= 0.3 is 0 Å². The smallest absolute Gasteiger partial charge is 0.258 e. The molecule has 2 rings (SSSR count). The van der Waals surface area contributed by atoms with E-state index in [9.17, 15) is 4.79 Å². The van der Waals surface area contributed by atoms with Crippen LogP contribution in [0.1, 0.15) is 10.4 Å². The van der Waals surface area contributed by atoms with Crippen LogP contribution in [0.2, 0.25) is 10.2 Å². The Hall–Kier alpha value is -1.78. The molecule has 1 amide bonds. The molecule has 6 heteroatoms. The Bertz CT molecular complexity index is 602. The van der Waals surface area contributed by atoms with Gasteiger partial charge in [-0.05, 0) is 30.3 Å². The van der Waals surface area contributed by atoms with Gasteiger partial charge in [0.15, 0.2) is 0 Å². The van der Waals surface area contributed by atoms with Crippen LogP contribution in [0.25, 0.3) is 0 Å². The molecule has 0 unspecified atom stereocenters. The van der Waals surface area contributed by atoms with Gasteiger partial charge in [0.1, 0.15) is 11.0 Å². The van der Waals surface area contributed by atoms with Crippen molar-refractivity contribution in [3.05, 3.63) is 52.1 Å². The summed E-state index contributed by atoms with van der Waals surface area (Å²) in [5.74, 6) is 0.000725. The minimum atomic E-state index is -0.362. The van der Waals surface area contributed by atoms with Crippen molar-refractivity contribution >= 4 is 40.6 Å². The third kappa shape index (κ3) is 2.91. The van der Waals surface area contributed by atoms with E-state index in [0.717, 1.165) is 0 Å². The van der Waals surface area contributed by atoms with E-state index in [1.165, 1.54) is 6.07 Å². The van der Waals surface area contributed by atoms with Crippen LogP contribution in [0, 0.1) is 0 Å². The number of pyridine rings is 1. The van der Waals surface area contributed by atoms with Crippen LogP contribution in [-0.4, -0.2) is 10.9 Å². The molecule has 0 aliphatic rings. The number of carbonyl (C=O) groups excluding carboxylic acids is 1. The molecule has 3 N–H and O–H groups in total. The van der Waals surface area contributed by atoms with Gasteiger partial charge in [0.25, 0.3) is 5.91 Å². The Morgan fingerprint density at radius 1 is 1.22 bits per heavy atom. The molecule has 1 aromatic carbocycles. The molecule has 0 bridgehead atoms. The zero-order valence-electron chi connectivity index (χ0n) is 9.15. The lowest BCUT2D eigenvalue weighted by Gasteiger charge is -2.07. The lowest BCUT2D eigenvalue weighted by atomic mass is 10.1. The Kier molecular flexibility index (Phi) is 3.69. The first-order valence-corrected chi connectivity index (χ1v) is 5.81. The van der Waals surface area contributed by atoms with E-state index in [2.05, 4.69) is 10.3 Å². The molecule has 18 heavy (non-hydrogen) atoms. The normalized spacial score (nSPS) is 10.1. The molecule has 0 fully saturated rings. The molecule has 92 valence electrons. The maximum atomic E-state index is 11.9. The number of halogens is 2. The minimum absolute atomic E-state index is 0.303. The first-order valence-electron chi connectivity index (χ1n) is 5.05. The summed E-state index contributed by atoms with van der Waals surface area (Å²) in [6.07, 6.45) is 0. The number of nitrogens with one attached hydrogen (secondary N) is 1. The Balaban J connectivity index is 2.22. The number of hydrogen-bond donors (Lipinski definition) is 2. The highest BCUT2D eigenvalue weighted by Gasteiger charge is 2.10. The highest BCUT2D eigenvalue weighted by atomic mass is 35.5. The van der Waals surface area contributed by atoms with E-state index in [-0.39, 0.29) is 5.91 Å². The minimum Gasteiger partial charge on any atom is -0.398 e. The number of nitrogens with zero attached hydrogens (tertiary/aromatic N) is 1. The molecule has 1 aromatic heterocycles. The van der Waals surface area contributed by atoms with Crippen LogP contribution < -0.4 is 11.1 Å². The van der Waals surface area contributed by atoms with E-state index < -0.39 is 0 Å². The lowest BCUT2D eigenvalue weighted by molar-refractivity contribution is 0.102. The van der Waals surface area contributed by atoms with E-state index in [4.69, 9.17) is 28.9 Å². The van der Waals surface area contributed by atoms with Gasteiger partial charge in [-0.25, -0.2) is 4.98 Å². The van der Waals surface area contributed by atoms with Crippen molar-refractivity contribution < 1.29 is 4.79 Å². The number of rotatable bonds is 2. The molecule has 0 saturated heterocycles. The van der Waals surface area contributed by atoms with Gasteiger partial charge in [-0.2, -0.15) is 0 Å². The molecule has 4 nitrogen and oxygen atoms in total. The average molecular weight is 282 g/mol. The van der Waals surface area contributed by atoms with Gasteiger partial charge in [0.2, 0.25) is 0 Å². The fourth-order valence-electron chi connectivity index (χ4n) is 1.40. The number of nitrogen functional groups attached to an aromatic ring is 1. The monoisotopic (exact) mass is 281 g/mol. The summed E-state index contributed by atoms with van der Waals surface area (Å²) in [7, 11) is 0. The van der Waals surface area contributed by atoms with Crippen LogP contribution in [-0.2, 0) is 0 Å². The van der Waals surface area contributed by atoms with Crippen LogP contribution in [0.3, 0.4) is 0 Å². The number of nitrogens with two attached hydrogens (primary N) is 1. The molecule has 2 aromatic rings. The summed E-state index contributed by atoms with van der Waals surface area (Å²) in [4.78, 5) is 15.9. The van der Waals surface area contributed by atoms with Crippen molar-refractivity contribution in [3.8, 4) is 0 Å². The Morgan fingerprint density at radius 3 is 2.67 bits per heavy atom. The topological polar surface area (TPSA) is 68.0 Å². The molecule has 0 spiro atoms. The second-order valence-corrected chi connectivity index (χ2v) is 4.35. The predicted molar refractivity (Wildman–Crippen MR) is 73.1 cm³/mol. The van der Waals surface area contributed by atoms with Crippen LogP contribution in [0.5, 0.6) is 0 Å². The number of amides is 1. The number of aromatic nitrogens is 1. The number of benzene rings is 1. The molecule has 0 atom stereocenters. The summed E-state index contributed by atoms with van der Waals surface area (Å²) in [5, 5.41) is 3.38. The lowest BCUT2D eigenvalue weighted by Crippen LogP contribution is -2.14. The third-order valence-electron chi connectivity index (χ3n) is 2.21. The quantitative estimate of drug-likeness (QED) is 0.656. The molecule has 0 aliphatic heterocycles. The van der Waals surface area contributed by atoms with Crippen molar-refractivity contribution in [2.45, 2.75) is 0 Å². The highest BCUT2D eigenvalue weighted by molar-refractivity contribution is 6.31. The maximum Gasteiger partial charge on any atom is 0.258 e. The number of hydrogen-bond acceptors (Lipinski definition) is 3. The van der Waals surface area contributed by atoms with Crippen molar-refractivity contribution in [1.82, 2.24) is 4.98 Å². The molecule has 0 aliphatic carbocycles. The Labute approximate surface area is 114 Å². The fraction of sp³-hybridized carbons (Fsp3) is 0. The van der Waals surface area contributed by atoms with Crippen LogP contribution in [0.15, 0.2) is 36.4 Å². The highest BCUT2D eigenvalue weighted by Crippen LogP contribution is 2.19. The molecule has 0 saturated carbocycles. The fourth-order valence-corrected chi connectivity index (χ4v) is 1.75. The van der Waals surface area contributed by atoms with E-state index in [1.54, 1.807) is 30.3 Å². The standard InChI is InChI=1S/C12H9Cl2N3O/c13-7-4-5-8(9(15)6-7)12(18)17-11-3-1-2-10(14)16-11/h1-6H,15H2,(H,16,17,18). The SMILES string of the molecule is Nc1cc(Cl)ccc1C(=O)Nc1cccc(Cl)n1. The summed E-state index contributed by atoms with van der Waals surface area (Å²) < 4.78 is 0. The van der Waals surface area contributed by atoms with Gasteiger partial charge in [-0.15, -0.1) is 0 Å². The summed E-state index contributed by atoms with van der Waals surface area (Å²) in [6, 6.07) is 9.61. The van der Waals surface area contributed by atoms with Gasteiger partial charge < -0.3 is 11.1 Å². The molecular weight excluding hydrogens is 273 g/mol. The van der Waals surface area contributed by atoms with Crippen LogP contribution in [0.4, 0.5) is 11.5 Å². The summed E-state index contributed by atoms with van der Waals surface area (Å²) in [5.41, 5.74) is 6.36. The van der Waals surface area contributed by atoms with E-state index >= 15 is 0 Å². The van der Waals surface area contributed by atoms with Crippen molar-refractivity contribution in [2.24, 2.45) is 0 Å². The third-order valence-corrected chi connectivity index (χ3v) is 2.66. The summed E-state index contributed by atoms with van der Waals surface area (Å²) >= 11 is 11.5. The molecule has 1 heterocycles. The zero-order chi connectivity index (χ0) is 13.1. The van der Waals surface area contributed by atoms with Gasteiger partial charge in [0, 0.05) is 10.7 Å². The molecule has 0 radical (unpaired) electrons. The first-order chi connectivity index (χ1) is 8.56. The second-order valence-electron chi connectivity index (χ2n) is 3.53.